The Hall–Kier alpha value is -2.07. The van der Waals surface area contributed by atoms with Crippen LogP contribution in [0.1, 0.15) is 24.2 Å². The summed E-state index contributed by atoms with van der Waals surface area (Å²) in [6.07, 6.45) is 3.08. The summed E-state index contributed by atoms with van der Waals surface area (Å²) in [5.74, 6) is 0.708. The van der Waals surface area contributed by atoms with Crippen molar-refractivity contribution in [1.82, 2.24) is 4.98 Å². The molecule has 0 fully saturated rings. The van der Waals surface area contributed by atoms with Gasteiger partial charge in [-0.25, -0.2) is 0 Å². The highest BCUT2D eigenvalue weighted by atomic mass is 16.5. The molecule has 0 aliphatic heterocycles. The monoisotopic (exact) mass is 258 g/mol. The number of nitrogens with zero attached hydrogens (tertiary/aromatic N) is 1. The molecule has 4 heteroatoms. The molecule has 1 aromatic heterocycles. The molecule has 0 amide bonds. The molecule has 0 bridgehead atoms. The largest absolute Gasteiger partial charge is 0.493 e. The molecule has 0 saturated heterocycles. The summed E-state index contributed by atoms with van der Waals surface area (Å²) in [7, 11) is 0. The van der Waals surface area contributed by atoms with E-state index in [9.17, 15) is 5.11 Å². The van der Waals surface area contributed by atoms with Crippen molar-refractivity contribution in [3.05, 3.63) is 53.9 Å². The molecule has 0 spiro atoms. The number of aromatic nitrogens is 1. The summed E-state index contributed by atoms with van der Waals surface area (Å²) in [5.41, 5.74) is 8.11. The number of anilines is 1. The lowest BCUT2D eigenvalue weighted by Crippen LogP contribution is -2.07. The van der Waals surface area contributed by atoms with Crippen molar-refractivity contribution in [3.8, 4) is 5.75 Å². The minimum absolute atomic E-state index is 0.420. The van der Waals surface area contributed by atoms with Crippen molar-refractivity contribution in [2.45, 2.75) is 19.4 Å². The van der Waals surface area contributed by atoms with Gasteiger partial charge in [-0.3, -0.25) is 4.98 Å². The Morgan fingerprint density at radius 2 is 2.11 bits per heavy atom. The Labute approximate surface area is 112 Å². The molecule has 100 valence electrons. The Bertz CT molecular complexity index is 543. The van der Waals surface area contributed by atoms with Crippen LogP contribution in [0.2, 0.25) is 0 Å². The van der Waals surface area contributed by atoms with E-state index in [0.717, 1.165) is 11.1 Å². The van der Waals surface area contributed by atoms with Crippen LogP contribution in [0.5, 0.6) is 5.75 Å². The predicted octanol–water partition coefficient (Wildman–Crippen LogP) is 2.34. The van der Waals surface area contributed by atoms with Crippen LogP contribution in [0.15, 0.2) is 42.7 Å². The molecule has 4 nitrogen and oxygen atoms in total. The third kappa shape index (κ3) is 3.23. The number of rotatable bonds is 5. The van der Waals surface area contributed by atoms with E-state index in [2.05, 4.69) is 4.98 Å². The van der Waals surface area contributed by atoms with Crippen molar-refractivity contribution >= 4 is 5.69 Å². The van der Waals surface area contributed by atoms with E-state index < -0.39 is 6.10 Å². The third-order valence-corrected chi connectivity index (χ3v) is 2.93. The summed E-state index contributed by atoms with van der Waals surface area (Å²) < 4.78 is 5.52. The fraction of sp³-hybridized carbons (Fsp3) is 0.267. The van der Waals surface area contributed by atoms with E-state index in [1.807, 2.05) is 31.2 Å². The number of aliphatic hydroxyl groups is 1. The Morgan fingerprint density at radius 1 is 1.32 bits per heavy atom. The first-order valence-electron chi connectivity index (χ1n) is 6.30. The number of benzene rings is 1. The first-order chi connectivity index (χ1) is 9.22. The van der Waals surface area contributed by atoms with Gasteiger partial charge in [0.1, 0.15) is 5.75 Å². The van der Waals surface area contributed by atoms with E-state index in [1.54, 1.807) is 18.5 Å². The van der Waals surface area contributed by atoms with Gasteiger partial charge in [-0.05, 0) is 24.6 Å². The van der Waals surface area contributed by atoms with Crippen molar-refractivity contribution in [2.24, 2.45) is 0 Å². The van der Waals surface area contributed by atoms with Crippen LogP contribution in [0, 0.1) is 0 Å². The van der Waals surface area contributed by atoms with Gasteiger partial charge in [-0.2, -0.15) is 0 Å². The lowest BCUT2D eigenvalue weighted by Gasteiger charge is -2.16. The second-order valence-corrected chi connectivity index (χ2v) is 4.27. The molecule has 0 aliphatic carbocycles. The molecule has 1 atom stereocenters. The van der Waals surface area contributed by atoms with Crippen molar-refractivity contribution in [2.75, 3.05) is 12.3 Å². The fourth-order valence-corrected chi connectivity index (χ4v) is 1.97. The first-order valence-corrected chi connectivity index (χ1v) is 6.30. The predicted molar refractivity (Wildman–Crippen MR) is 74.9 cm³/mol. The van der Waals surface area contributed by atoms with Crippen molar-refractivity contribution in [1.29, 1.82) is 0 Å². The fourth-order valence-electron chi connectivity index (χ4n) is 1.97. The number of hydrogen-bond acceptors (Lipinski definition) is 4. The summed E-state index contributed by atoms with van der Waals surface area (Å²) in [6.45, 7) is 2.49. The standard InChI is InChI=1S/C15H18N2O2/c1-2-19-15-6-4-3-5-12(15)14(18)9-11-10-17-8-7-13(11)16/h3-8,10,14,18H,2,9H2,1H3,(H2,16,17). The van der Waals surface area contributed by atoms with Gasteiger partial charge >= 0.3 is 0 Å². The summed E-state index contributed by atoms with van der Waals surface area (Å²) in [5, 5.41) is 10.3. The molecule has 2 rings (SSSR count). The number of ether oxygens (including phenoxy) is 1. The maximum atomic E-state index is 10.3. The Balaban J connectivity index is 2.20. The molecule has 1 unspecified atom stereocenters. The minimum Gasteiger partial charge on any atom is -0.493 e. The number of hydrogen-bond donors (Lipinski definition) is 2. The first kappa shape index (κ1) is 13.4. The normalized spacial score (nSPS) is 12.1. The summed E-state index contributed by atoms with van der Waals surface area (Å²) in [4.78, 5) is 4.03. The molecule has 3 N–H and O–H groups in total. The molecular formula is C15H18N2O2. The van der Waals surface area contributed by atoms with Gasteiger partial charge in [0.25, 0.3) is 0 Å². The zero-order chi connectivity index (χ0) is 13.7. The van der Waals surface area contributed by atoms with Crippen molar-refractivity contribution < 1.29 is 9.84 Å². The molecule has 19 heavy (non-hydrogen) atoms. The number of aliphatic hydroxyl groups excluding tert-OH is 1. The van der Waals surface area contributed by atoms with Crippen molar-refractivity contribution in [3.63, 3.8) is 0 Å². The summed E-state index contributed by atoms with van der Waals surface area (Å²) >= 11 is 0. The molecule has 1 heterocycles. The molecule has 0 radical (unpaired) electrons. The van der Waals surface area contributed by atoms with Gasteiger partial charge in [0.15, 0.2) is 0 Å². The van der Waals surface area contributed by atoms with E-state index in [-0.39, 0.29) is 0 Å². The lowest BCUT2D eigenvalue weighted by atomic mass is 10.0. The Kier molecular flexibility index (Phi) is 4.36. The van der Waals surface area contributed by atoms with Crippen LogP contribution in [-0.4, -0.2) is 16.7 Å². The van der Waals surface area contributed by atoms with Crippen LogP contribution in [0.3, 0.4) is 0 Å². The number of nitrogens with two attached hydrogens (primary N) is 1. The smallest absolute Gasteiger partial charge is 0.125 e. The molecule has 0 aliphatic rings. The van der Waals surface area contributed by atoms with Crippen LogP contribution in [0.25, 0.3) is 0 Å². The van der Waals surface area contributed by atoms with E-state index in [0.29, 0.717) is 24.5 Å². The third-order valence-electron chi connectivity index (χ3n) is 2.93. The maximum absolute atomic E-state index is 10.3. The Morgan fingerprint density at radius 3 is 2.84 bits per heavy atom. The van der Waals surface area contributed by atoms with Crippen LogP contribution in [-0.2, 0) is 6.42 Å². The molecular weight excluding hydrogens is 240 g/mol. The van der Waals surface area contributed by atoms with Gasteiger partial charge < -0.3 is 15.6 Å². The number of nitrogen functional groups attached to an aromatic ring is 1. The minimum atomic E-state index is -0.658. The van der Waals surface area contributed by atoms with Gasteiger partial charge in [0, 0.05) is 30.1 Å². The average molecular weight is 258 g/mol. The highest BCUT2D eigenvalue weighted by molar-refractivity contribution is 5.45. The van der Waals surface area contributed by atoms with Gasteiger partial charge in [0.2, 0.25) is 0 Å². The van der Waals surface area contributed by atoms with E-state index >= 15 is 0 Å². The lowest BCUT2D eigenvalue weighted by molar-refractivity contribution is 0.172. The zero-order valence-electron chi connectivity index (χ0n) is 10.9. The van der Waals surface area contributed by atoms with Crippen LogP contribution in [0.4, 0.5) is 5.69 Å². The topological polar surface area (TPSA) is 68.4 Å². The number of pyridine rings is 1. The molecule has 1 aromatic carbocycles. The molecule has 2 aromatic rings. The number of para-hydroxylation sites is 1. The second kappa shape index (κ2) is 6.20. The van der Waals surface area contributed by atoms with E-state index in [4.69, 9.17) is 10.5 Å². The van der Waals surface area contributed by atoms with Crippen LogP contribution < -0.4 is 10.5 Å². The highest BCUT2D eigenvalue weighted by Gasteiger charge is 2.14. The zero-order valence-corrected chi connectivity index (χ0v) is 10.9. The quantitative estimate of drug-likeness (QED) is 0.863. The van der Waals surface area contributed by atoms with Gasteiger partial charge in [0.05, 0.1) is 12.7 Å². The second-order valence-electron chi connectivity index (χ2n) is 4.27. The van der Waals surface area contributed by atoms with E-state index in [1.165, 1.54) is 0 Å². The SMILES string of the molecule is CCOc1ccccc1C(O)Cc1cnccc1N. The van der Waals surface area contributed by atoms with Gasteiger partial charge in [-0.15, -0.1) is 0 Å². The van der Waals surface area contributed by atoms with Crippen LogP contribution >= 0.6 is 0 Å². The maximum Gasteiger partial charge on any atom is 0.125 e. The van der Waals surface area contributed by atoms with Gasteiger partial charge in [-0.1, -0.05) is 18.2 Å². The average Bonchev–Trinajstić information content (AvgIpc) is 2.42. The highest BCUT2D eigenvalue weighted by Crippen LogP contribution is 2.28. The molecule has 0 saturated carbocycles. The summed E-state index contributed by atoms with van der Waals surface area (Å²) in [6, 6.07) is 9.22.